The Morgan fingerprint density at radius 2 is 2.50 bits per heavy atom. The molecule has 2 nitrogen and oxygen atoms in total. The van der Waals surface area contributed by atoms with Crippen molar-refractivity contribution in [1.82, 2.24) is 5.32 Å². The molecule has 3 heteroatoms. The maximum Gasteiger partial charge on any atom is 0.0310 e. The quantitative estimate of drug-likeness (QED) is 0.828. The fourth-order valence-electron chi connectivity index (χ4n) is 2.69. The molecule has 0 aliphatic heterocycles. The molecule has 1 fully saturated rings. The van der Waals surface area contributed by atoms with Crippen molar-refractivity contribution in [3.63, 3.8) is 0 Å². The van der Waals surface area contributed by atoms with Crippen LogP contribution in [0.5, 0.6) is 0 Å². The van der Waals surface area contributed by atoms with Gasteiger partial charge in [0.15, 0.2) is 0 Å². The van der Waals surface area contributed by atoms with Gasteiger partial charge in [-0.05, 0) is 36.6 Å². The van der Waals surface area contributed by atoms with Crippen molar-refractivity contribution in [2.24, 2.45) is 11.7 Å². The summed E-state index contributed by atoms with van der Waals surface area (Å²) in [5.41, 5.74) is 6.18. The Morgan fingerprint density at radius 1 is 1.62 bits per heavy atom. The number of nitrogens with two attached hydrogens (primary N) is 1. The van der Waals surface area contributed by atoms with E-state index in [0.29, 0.717) is 0 Å². The second-order valence-electron chi connectivity index (χ2n) is 4.93. The maximum atomic E-state index is 5.97. The van der Waals surface area contributed by atoms with Crippen molar-refractivity contribution in [3.8, 4) is 0 Å². The lowest BCUT2D eigenvalue weighted by Crippen LogP contribution is -2.48. The van der Waals surface area contributed by atoms with Crippen LogP contribution in [0.3, 0.4) is 0 Å². The van der Waals surface area contributed by atoms with Crippen LogP contribution in [0.2, 0.25) is 0 Å². The van der Waals surface area contributed by atoms with E-state index in [9.17, 15) is 0 Å². The van der Waals surface area contributed by atoms with E-state index in [1.165, 1.54) is 30.6 Å². The van der Waals surface area contributed by atoms with Gasteiger partial charge in [-0.3, -0.25) is 0 Å². The van der Waals surface area contributed by atoms with Crippen molar-refractivity contribution in [3.05, 3.63) is 22.4 Å². The van der Waals surface area contributed by atoms with Crippen molar-refractivity contribution >= 4 is 11.3 Å². The summed E-state index contributed by atoms with van der Waals surface area (Å²) in [4.78, 5) is 1.41. The van der Waals surface area contributed by atoms with Gasteiger partial charge in [-0.15, -0.1) is 11.3 Å². The summed E-state index contributed by atoms with van der Waals surface area (Å²) in [5.74, 6) is 0.874. The second kappa shape index (κ2) is 5.30. The molecule has 1 aromatic rings. The van der Waals surface area contributed by atoms with Crippen LogP contribution in [0.15, 0.2) is 17.5 Å². The Kier molecular flexibility index (Phi) is 4.00. The first kappa shape index (κ1) is 12.1. The van der Waals surface area contributed by atoms with Crippen molar-refractivity contribution in [2.45, 2.75) is 44.7 Å². The highest BCUT2D eigenvalue weighted by molar-refractivity contribution is 7.09. The van der Waals surface area contributed by atoms with Gasteiger partial charge in [0, 0.05) is 23.5 Å². The zero-order chi connectivity index (χ0) is 11.4. The molecule has 2 unspecified atom stereocenters. The van der Waals surface area contributed by atoms with Gasteiger partial charge in [0.05, 0.1) is 0 Å². The fraction of sp³-hybridized carbons (Fsp3) is 0.692. The molecule has 16 heavy (non-hydrogen) atoms. The van der Waals surface area contributed by atoms with Crippen LogP contribution in [0.1, 0.15) is 37.5 Å². The minimum Gasteiger partial charge on any atom is -0.329 e. The second-order valence-corrected chi connectivity index (χ2v) is 5.97. The van der Waals surface area contributed by atoms with E-state index in [1.54, 1.807) is 0 Å². The number of hydrogen-bond donors (Lipinski definition) is 2. The standard InChI is InChI=1S/C13H22N2S/c1-2-11-5-6-13(8-11,10-14)15-9-12-4-3-7-16-12/h3-4,7,11,15H,2,5-6,8-10,14H2,1H3. The average Bonchev–Trinajstić information content (AvgIpc) is 2.96. The lowest BCUT2D eigenvalue weighted by atomic mass is 9.95. The van der Waals surface area contributed by atoms with Crippen LogP contribution < -0.4 is 11.1 Å². The fourth-order valence-corrected chi connectivity index (χ4v) is 3.34. The summed E-state index contributed by atoms with van der Waals surface area (Å²) in [7, 11) is 0. The van der Waals surface area contributed by atoms with Gasteiger partial charge in [-0.25, -0.2) is 0 Å². The molecule has 0 spiro atoms. The Bertz CT molecular complexity index is 310. The third kappa shape index (κ3) is 2.65. The summed E-state index contributed by atoms with van der Waals surface area (Å²) in [6, 6.07) is 4.30. The minimum atomic E-state index is 0.213. The van der Waals surface area contributed by atoms with Crippen molar-refractivity contribution in [2.75, 3.05) is 6.54 Å². The maximum absolute atomic E-state index is 5.97. The van der Waals surface area contributed by atoms with Crippen molar-refractivity contribution in [1.29, 1.82) is 0 Å². The van der Waals surface area contributed by atoms with Gasteiger partial charge < -0.3 is 11.1 Å². The lowest BCUT2D eigenvalue weighted by molar-refractivity contribution is 0.324. The molecule has 1 heterocycles. The van der Waals surface area contributed by atoms with Gasteiger partial charge in [0.25, 0.3) is 0 Å². The summed E-state index contributed by atoms with van der Waals surface area (Å²) in [6.45, 7) is 4.04. The van der Waals surface area contributed by atoms with Gasteiger partial charge in [0.2, 0.25) is 0 Å². The van der Waals surface area contributed by atoms with E-state index in [2.05, 4.69) is 29.8 Å². The highest BCUT2D eigenvalue weighted by Crippen LogP contribution is 2.36. The number of rotatable bonds is 5. The van der Waals surface area contributed by atoms with Gasteiger partial charge in [0.1, 0.15) is 0 Å². The Hall–Kier alpha value is -0.380. The third-order valence-electron chi connectivity index (χ3n) is 3.90. The predicted octanol–water partition coefficient (Wildman–Crippen LogP) is 2.75. The SMILES string of the molecule is CCC1CCC(CN)(NCc2cccs2)C1. The first-order valence-corrected chi connectivity index (χ1v) is 7.13. The molecule has 0 radical (unpaired) electrons. The third-order valence-corrected chi connectivity index (χ3v) is 4.77. The average molecular weight is 238 g/mol. The molecule has 0 amide bonds. The largest absolute Gasteiger partial charge is 0.329 e. The predicted molar refractivity (Wildman–Crippen MR) is 70.6 cm³/mol. The Balaban J connectivity index is 1.90. The highest BCUT2D eigenvalue weighted by Gasteiger charge is 2.36. The molecule has 0 saturated heterocycles. The van der Waals surface area contributed by atoms with E-state index in [4.69, 9.17) is 5.73 Å². The summed E-state index contributed by atoms with van der Waals surface area (Å²) in [6.07, 6.45) is 5.13. The topological polar surface area (TPSA) is 38.0 Å². The number of thiophene rings is 1. The van der Waals surface area contributed by atoms with E-state index < -0.39 is 0 Å². The smallest absolute Gasteiger partial charge is 0.0310 e. The Morgan fingerprint density at radius 3 is 3.06 bits per heavy atom. The molecule has 2 atom stereocenters. The molecule has 1 aliphatic carbocycles. The van der Waals surface area contributed by atoms with Crippen molar-refractivity contribution < 1.29 is 0 Å². The van der Waals surface area contributed by atoms with Gasteiger partial charge in [-0.2, -0.15) is 0 Å². The van der Waals surface area contributed by atoms with E-state index >= 15 is 0 Å². The molecule has 1 aromatic heterocycles. The van der Waals surface area contributed by atoms with Crippen LogP contribution in [0.25, 0.3) is 0 Å². The summed E-state index contributed by atoms with van der Waals surface area (Å²) in [5, 5.41) is 5.83. The molecule has 1 saturated carbocycles. The van der Waals surface area contributed by atoms with Gasteiger partial charge >= 0.3 is 0 Å². The van der Waals surface area contributed by atoms with E-state index in [0.717, 1.165) is 19.0 Å². The number of nitrogens with one attached hydrogen (secondary N) is 1. The molecule has 0 bridgehead atoms. The van der Waals surface area contributed by atoms with E-state index in [-0.39, 0.29) is 5.54 Å². The lowest BCUT2D eigenvalue weighted by Gasteiger charge is -2.29. The first-order chi connectivity index (χ1) is 7.78. The zero-order valence-electron chi connectivity index (χ0n) is 10.0. The van der Waals surface area contributed by atoms with Crippen LogP contribution in [-0.4, -0.2) is 12.1 Å². The molecule has 0 aromatic carbocycles. The van der Waals surface area contributed by atoms with Crippen LogP contribution in [0, 0.1) is 5.92 Å². The van der Waals surface area contributed by atoms with Crippen LogP contribution in [-0.2, 0) is 6.54 Å². The molecular formula is C13H22N2S. The monoisotopic (exact) mass is 238 g/mol. The minimum absolute atomic E-state index is 0.213. The molecular weight excluding hydrogens is 216 g/mol. The highest BCUT2D eigenvalue weighted by atomic mass is 32.1. The Labute approximate surface area is 102 Å². The number of hydrogen-bond acceptors (Lipinski definition) is 3. The zero-order valence-corrected chi connectivity index (χ0v) is 10.9. The van der Waals surface area contributed by atoms with E-state index in [1.807, 2.05) is 11.3 Å². The molecule has 3 N–H and O–H groups in total. The molecule has 90 valence electrons. The van der Waals surface area contributed by atoms with Gasteiger partial charge in [-0.1, -0.05) is 19.4 Å². The first-order valence-electron chi connectivity index (χ1n) is 6.25. The molecule has 2 rings (SSSR count). The molecule has 1 aliphatic rings. The summed E-state index contributed by atoms with van der Waals surface area (Å²) >= 11 is 1.82. The summed E-state index contributed by atoms with van der Waals surface area (Å²) < 4.78 is 0. The van der Waals surface area contributed by atoms with Crippen LogP contribution >= 0.6 is 11.3 Å². The normalized spacial score (nSPS) is 29.8. The van der Waals surface area contributed by atoms with Crippen LogP contribution in [0.4, 0.5) is 0 Å².